The van der Waals surface area contributed by atoms with Gasteiger partial charge in [-0.3, -0.25) is 9.80 Å². The zero-order chi connectivity index (χ0) is 20.5. The summed E-state index contributed by atoms with van der Waals surface area (Å²) in [6, 6.07) is 11.0. The Kier molecular flexibility index (Phi) is 6.23. The molecule has 1 aromatic rings. The van der Waals surface area contributed by atoms with Crippen molar-refractivity contribution in [3.05, 3.63) is 47.5 Å². The summed E-state index contributed by atoms with van der Waals surface area (Å²) in [4.78, 5) is 5.51. The number of fused-ring (bicyclic) bond motifs is 2. The van der Waals surface area contributed by atoms with Crippen LogP contribution in [0.25, 0.3) is 0 Å². The molecule has 0 N–H and O–H groups in total. The maximum Gasteiger partial charge on any atom is 0.0234 e. The highest BCUT2D eigenvalue weighted by Crippen LogP contribution is 2.39. The molecule has 2 heteroatoms. The largest absolute Gasteiger partial charge is 0.298 e. The molecule has 29 heavy (non-hydrogen) atoms. The van der Waals surface area contributed by atoms with Crippen LogP contribution in [-0.4, -0.2) is 40.5 Å². The van der Waals surface area contributed by atoms with Crippen LogP contribution in [0.15, 0.2) is 42.0 Å². The van der Waals surface area contributed by atoms with E-state index in [2.05, 4.69) is 73.9 Å². The molecule has 1 aromatic carbocycles. The number of rotatable bonds is 6. The highest BCUT2D eigenvalue weighted by Gasteiger charge is 2.40. The minimum Gasteiger partial charge on any atom is -0.298 e. The normalized spacial score (nSPS) is 29.4. The Balaban J connectivity index is 1.30. The van der Waals surface area contributed by atoms with Crippen molar-refractivity contribution < 1.29 is 0 Å². The van der Waals surface area contributed by atoms with E-state index in [1.807, 2.05) is 0 Å². The molecule has 0 spiro atoms. The van der Waals surface area contributed by atoms with Crippen molar-refractivity contribution in [2.45, 2.75) is 90.3 Å². The third-order valence-corrected chi connectivity index (χ3v) is 7.83. The average Bonchev–Trinajstić information content (AvgIpc) is 2.64. The van der Waals surface area contributed by atoms with E-state index in [4.69, 9.17) is 0 Å². The minimum atomic E-state index is 0.358. The van der Waals surface area contributed by atoms with Crippen molar-refractivity contribution in [2.75, 3.05) is 19.6 Å². The van der Waals surface area contributed by atoms with E-state index < -0.39 is 0 Å². The molecular formula is C27H42N2. The van der Waals surface area contributed by atoms with Crippen LogP contribution in [0.2, 0.25) is 0 Å². The quantitative estimate of drug-likeness (QED) is 0.524. The molecule has 2 fully saturated rings. The van der Waals surface area contributed by atoms with Gasteiger partial charge < -0.3 is 0 Å². The van der Waals surface area contributed by atoms with Crippen molar-refractivity contribution in [2.24, 2.45) is 11.8 Å². The van der Waals surface area contributed by atoms with Gasteiger partial charge in [-0.05, 0) is 96.6 Å². The fourth-order valence-corrected chi connectivity index (χ4v) is 6.66. The second-order valence-electron chi connectivity index (χ2n) is 11.3. The van der Waals surface area contributed by atoms with Crippen LogP contribution in [0.1, 0.15) is 78.2 Å². The van der Waals surface area contributed by atoms with Gasteiger partial charge in [0.25, 0.3) is 0 Å². The summed E-state index contributed by atoms with van der Waals surface area (Å²) in [5.74, 6) is 1.66. The van der Waals surface area contributed by atoms with E-state index in [0.717, 1.165) is 18.4 Å². The van der Waals surface area contributed by atoms with Gasteiger partial charge in [-0.25, -0.2) is 0 Å². The lowest BCUT2D eigenvalue weighted by Crippen LogP contribution is -2.58. The molecule has 1 aliphatic carbocycles. The molecule has 0 amide bonds. The Morgan fingerprint density at radius 1 is 0.966 bits per heavy atom. The van der Waals surface area contributed by atoms with Crippen LogP contribution in [-0.2, 0) is 6.54 Å². The van der Waals surface area contributed by atoms with E-state index in [1.165, 1.54) is 70.1 Å². The summed E-state index contributed by atoms with van der Waals surface area (Å²) >= 11 is 0. The molecule has 2 nitrogen and oxygen atoms in total. The first kappa shape index (κ1) is 21.1. The van der Waals surface area contributed by atoms with Gasteiger partial charge in [-0.1, -0.05) is 42.0 Å². The van der Waals surface area contributed by atoms with E-state index in [1.54, 1.807) is 5.57 Å². The first-order valence-corrected chi connectivity index (χ1v) is 12.1. The highest BCUT2D eigenvalue weighted by atomic mass is 15.3. The third-order valence-electron chi connectivity index (χ3n) is 7.83. The van der Waals surface area contributed by atoms with Gasteiger partial charge in [0.05, 0.1) is 0 Å². The van der Waals surface area contributed by atoms with E-state index in [-0.39, 0.29) is 0 Å². The van der Waals surface area contributed by atoms with Crippen LogP contribution in [0, 0.1) is 11.8 Å². The molecule has 4 rings (SSSR count). The lowest BCUT2D eigenvalue weighted by molar-refractivity contribution is -0.0272. The number of hydrogen-bond donors (Lipinski definition) is 0. The molecule has 2 atom stereocenters. The van der Waals surface area contributed by atoms with Crippen LogP contribution in [0.5, 0.6) is 0 Å². The van der Waals surface area contributed by atoms with Crippen LogP contribution in [0.3, 0.4) is 0 Å². The Labute approximate surface area is 179 Å². The molecule has 0 aromatic heterocycles. The molecule has 160 valence electrons. The molecule has 2 bridgehead atoms. The number of allylic oxidation sites excluding steroid dienone is 1. The van der Waals surface area contributed by atoms with Crippen molar-refractivity contribution in [3.63, 3.8) is 0 Å². The van der Waals surface area contributed by atoms with Gasteiger partial charge >= 0.3 is 0 Å². The van der Waals surface area contributed by atoms with Crippen LogP contribution >= 0.6 is 0 Å². The molecule has 0 radical (unpaired) electrons. The summed E-state index contributed by atoms with van der Waals surface area (Å²) in [5.41, 5.74) is 3.94. The number of likely N-dealkylation sites (tertiary alicyclic amines) is 2. The fourth-order valence-electron chi connectivity index (χ4n) is 6.66. The topological polar surface area (TPSA) is 6.48 Å². The van der Waals surface area contributed by atoms with Gasteiger partial charge in [0, 0.05) is 30.7 Å². The van der Waals surface area contributed by atoms with Crippen LogP contribution in [0.4, 0.5) is 0 Å². The summed E-state index contributed by atoms with van der Waals surface area (Å²) in [6.45, 7) is 14.7. The minimum absolute atomic E-state index is 0.358. The molecule has 2 aliphatic heterocycles. The van der Waals surface area contributed by atoms with Crippen molar-refractivity contribution in [3.8, 4) is 0 Å². The first-order valence-electron chi connectivity index (χ1n) is 12.1. The van der Waals surface area contributed by atoms with Gasteiger partial charge in [0.2, 0.25) is 0 Å². The zero-order valence-corrected chi connectivity index (χ0v) is 19.3. The number of benzene rings is 1. The van der Waals surface area contributed by atoms with E-state index >= 15 is 0 Å². The Hall–Kier alpha value is -1.12. The highest BCUT2D eigenvalue weighted by molar-refractivity contribution is 5.16. The maximum atomic E-state index is 2.81. The fraction of sp³-hybridized carbons (Fsp3) is 0.704. The lowest BCUT2D eigenvalue weighted by Gasteiger charge is -2.53. The zero-order valence-electron chi connectivity index (χ0n) is 19.3. The molecule has 3 aliphatic rings. The maximum absolute atomic E-state index is 2.81. The number of piperidine rings is 2. The summed E-state index contributed by atoms with van der Waals surface area (Å²) in [7, 11) is 0. The molecule has 2 saturated heterocycles. The van der Waals surface area contributed by atoms with E-state index in [0.29, 0.717) is 11.1 Å². The average molecular weight is 395 g/mol. The predicted octanol–water partition coefficient (Wildman–Crippen LogP) is 6.28. The monoisotopic (exact) mass is 394 g/mol. The summed E-state index contributed by atoms with van der Waals surface area (Å²) in [6.07, 6.45) is 12.1. The van der Waals surface area contributed by atoms with Crippen molar-refractivity contribution in [1.29, 1.82) is 0 Å². The van der Waals surface area contributed by atoms with Gasteiger partial charge in [0.15, 0.2) is 0 Å². The van der Waals surface area contributed by atoms with E-state index in [9.17, 15) is 0 Å². The van der Waals surface area contributed by atoms with Gasteiger partial charge in [0.1, 0.15) is 0 Å². The van der Waals surface area contributed by atoms with Gasteiger partial charge in [-0.2, -0.15) is 0 Å². The Morgan fingerprint density at radius 3 is 2.38 bits per heavy atom. The standard InChI is InChI=1S/C27H42N2/c1-26(2)13-9-14-27(3,4)29(26)15-8-12-23-16-24-18-25(17-23)21-28(20-24)19-22-10-6-5-7-11-22/h5-7,10-11,16,24-25H,8-9,12-15,17-21H2,1-4H3. The third kappa shape index (κ3) is 5.14. The lowest BCUT2D eigenvalue weighted by atomic mass is 9.77. The number of nitrogens with zero attached hydrogens (tertiary/aromatic N) is 2. The Bertz CT molecular complexity index is 687. The van der Waals surface area contributed by atoms with Crippen molar-refractivity contribution >= 4 is 0 Å². The first-order chi connectivity index (χ1) is 13.8. The van der Waals surface area contributed by atoms with Gasteiger partial charge in [-0.15, -0.1) is 0 Å². The smallest absolute Gasteiger partial charge is 0.0234 e. The number of hydrogen-bond acceptors (Lipinski definition) is 2. The van der Waals surface area contributed by atoms with Crippen molar-refractivity contribution in [1.82, 2.24) is 9.80 Å². The summed E-state index contributed by atoms with van der Waals surface area (Å²) < 4.78 is 0. The molecule has 2 unspecified atom stereocenters. The predicted molar refractivity (Wildman–Crippen MR) is 124 cm³/mol. The SMILES string of the molecule is CC1(C)CCCC(C)(C)N1CCCC1=CC2CC(C1)CN(Cc1ccccc1)C2. The molecule has 2 heterocycles. The molecular weight excluding hydrogens is 352 g/mol. The van der Waals surface area contributed by atoms with Crippen LogP contribution < -0.4 is 0 Å². The molecule has 0 saturated carbocycles. The Morgan fingerprint density at radius 2 is 1.69 bits per heavy atom. The second kappa shape index (κ2) is 8.55. The summed E-state index contributed by atoms with van der Waals surface area (Å²) in [5, 5.41) is 0. The second-order valence-corrected chi connectivity index (χ2v) is 11.3.